The summed E-state index contributed by atoms with van der Waals surface area (Å²) in [7, 11) is 0. The van der Waals surface area contributed by atoms with E-state index in [1.165, 1.54) is 5.56 Å². The maximum atomic E-state index is 3.80. The molecule has 10 heavy (non-hydrogen) atoms. The summed E-state index contributed by atoms with van der Waals surface area (Å²) in [6.07, 6.45) is 2.85. The van der Waals surface area contributed by atoms with Crippen LogP contribution >= 0.6 is 0 Å². The van der Waals surface area contributed by atoms with Crippen LogP contribution in [0.25, 0.3) is 0 Å². The first kappa shape index (κ1) is 7.07. The maximum Gasteiger partial charge on any atom is -0.0100 e. The lowest BCUT2D eigenvalue weighted by Gasteiger charge is -1.95. The molecule has 0 aliphatic carbocycles. The molecular formula is C10H11. The number of benzene rings is 1. The molecule has 0 saturated carbocycles. The second kappa shape index (κ2) is 3.21. The lowest BCUT2D eigenvalue weighted by atomic mass is 10.1. The van der Waals surface area contributed by atoms with E-state index < -0.39 is 0 Å². The van der Waals surface area contributed by atoms with Crippen molar-refractivity contribution in [1.29, 1.82) is 0 Å². The Balaban J connectivity index is 2.78. The third-order valence-electron chi connectivity index (χ3n) is 1.40. The van der Waals surface area contributed by atoms with Crippen molar-refractivity contribution in [1.82, 2.24) is 0 Å². The summed E-state index contributed by atoms with van der Waals surface area (Å²) in [4.78, 5) is 0. The van der Waals surface area contributed by atoms with Crippen molar-refractivity contribution in [2.24, 2.45) is 0 Å². The van der Waals surface area contributed by atoms with Gasteiger partial charge in [0, 0.05) is 0 Å². The van der Waals surface area contributed by atoms with Gasteiger partial charge in [-0.15, -0.1) is 6.58 Å². The molecule has 0 aliphatic heterocycles. The lowest BCUT2D eigenvalue weighted by Crippen LogP contribution is -1.79. The normalized spacial score (nSPS) is 9.30. The molecule has 1 rings (SSSR count). The summed E-state index contributed by atoms with van der Waals surface area (Å²) >= 11 is 0. The highest BCUT2D eigenvalue weighted by molar-refractivity contribution is 5.25. The minimum atomic E-state index is 0.945. The van der Waals surface area contributed by atoms with E-state index in [1.807, 2.05) is 18.2 Å². The monoisotopic (exact) mass is 131 g/mol. The van der Waals surface area contributed by atoms with Crippen LogP contribution in [0.15, 0.2) is 36.9 Å². The van der Waals surface area contributed by atoms with E-state index in [4.69, 9.17) is 0 Å². The number of hydrogen-bond acceptors (Lipinski definition) is 0. The highest BCUT2D eigenvalue weighted by Gasteiger charge is 1.86. The van der Waals surface area contributed by atoms with Crippen LogP contribution < -0.4 is 0 Å². The van der Waals surface area contributed by atoms with Crippen LogP contribution in [0.1, 0.15) is 11.1 Å². The Bertz CT molecular complexity index is 206. The Hall–Kier alpha value is -1.04. The van der Waals surface area contributed by atoms with Gasteiger partial charge in [0.25, 0.3) is 0 Å². The first-order chi connectivity index (χ1) is 4.83. The zero-order valence-corrected chi connectivity index (χ0v) is 6.01. The molecule has 1 aromatic rings. The van der Waals surface area contributed by atoms with Gasteiger partial charge in [-0.2, -0.15) is 0 Å². The van der Waals surface area contributed by atoms with E-state index in [1.54, 1.807) is 0 Å². The molecule has 0 bridgehead atoms. The van der Waals surface area contributed by atoms with Crippen LogP contribution in [0.4, 0.5) is 0 Å². The molecule has 0 amide bonds. The summed E-state index contributed by atoms with van der Waals surface area (Å²) in [5, 5.41) is 0. The highest BCUT2D eigenvalue weighted by atomic mass is 13.9. The van der Waals surface area contributed by atoms with E-state index in [0.717, 1.165) is 12.0 Å². The number of allylic oxidation sites excluding steroid dienone is 1. The minimum Gasteiger partial charge on any atom is -0.103 e. The second-order valence-electron chi connectivity index (χ2n) is 2.31. The average Bonchev–Trinajstić information content (AvgIpc) is 1.95. The Morgan fingerprint density at radius 1 is 1.20 bits per heavy atom. The maximum absolute atomic E-state index is 3.80. The summed E-state index contributed by atoms with van der Waals surface area (Å²) in [6.45, 7) is 7.46. The molecule has 0 unspecified atom stereocenters. The van der Waals surface area contributed by atoms with Gasteiger partial charge >= 0.3 is 0 Å². The molecule has 0 spiro atoms. The Labute approximate surface area is 62.2 Å². The van der Waals surface area contributed by atoms with Crippen molar-refractivity contribution in [3.05, 3.63) is 55.0 Å². The van der Waals surface area contributed by atoms with Gasteiger partial charge in [-0.1, -0.05) is 30.3 Å². The van der Waals surface area contributed by atoms with Crippen LogP contribution in [-0.2, 0) is 6.42 Å². The van der Waals surface area contributed by atoms with Gasteiger partial charge in [0.15, 0.2) is 0 Å². The fraction of sp³-hybridized carbons (Fsp3) is 0.100. The molecule has 0 atom stereocenters. The quantitative estimate of drug-likeness (QED) is 0.541. The van der Waals surface area contributed by atoms with Crippen molar-refractivity contribution in [2.45, 2.75) is 6.42 Å². The molecule has 1 aromatic carbocycles. The molecule has 0 saturated heterocycles. The van der Waals surface area contributed by atoms with Crippen LogP contribution in [0, 0.1) is 6.92 Å². The second-order valence-corrected chi connectivity index (χ2v) is 2.31. The zero-order chi connectivity index (χ0) is 7.40. The highest BCUT2D eigenvalue weighted by Crippen LogP contribution is 2.03. The molecule has 0 aromatic heterocycles. The topological polar surface area (TPSA) is 0 Å². The Kier molecular flexibility index (Phi) is 2.27. The molecule has 0 nitrogen and oxygen atoms in total. The van der Waals surface area contributed by atoms with Gasteiger partial charge in [-0.3, -0.25) is 0 Å². The summed E-state index contributed by atoms with van der Waals surface area (Å²) < 4.78 is 0. The number of hydrogen-bond donors (Lipinski definition) is 0. The molecule has 0 heteroatoms. The van der Waals surface area contributed by atoms with Gasteiger partial charge in [0.1, 0.15) is 0 Å². The Morgan fingerprint density at radius 2 is 1.80 bits per heavy atom. The van der Waals surface area contributed by atoms with Crippen molar-refractivity contribution in [3.63, 3.8) is 0 Å². The van der Waals surface area contributed by atoms with Crippen LogP contribution in [0.3, 0.4) is 0 Å². The SMILES string of the molecule is [CH2]c1ccc(CC=C)cc1. The van der Waals surface area contributed by atoms with Crippen molar-refractivity contribution in [3.8, 4) is 0 Å². The van der Waals surface area contributed by atoms with E-state index in [-0.39, 0.29) is 0 Å². The van der Waals surface area contributed by atoms with Gasteiger partial charge in [-0.05, 0) is 24.5 Å². The minimum absolute atomic E-state index is 0.945. The van der Waals surface area contributed by atoms with Gasteiger partial charge in [-0.25, -0.2) is 0 Å². The molecule has 51 valence electrons. The van der Waals surface area contributed by atoms with E-state index in [9.17, 15) is 0 Å². The largest absolute Gasteiger partial charge is 0.103 e. The molecule has 1 radical (unpaired) electrons. The molecule has 0 aliphatic rings. The van der Waals surface area contributed by atoms with Gasteiger partial charge in [0.05, 0.1) is 0 Å². The first-order valence-corrected chi connectivity index (χ1v) is 3.34. The fourth-order valence-electron chi connectivity index (χ4n) is 0.842. The van der Waals surface area contributed by atoms with Gasteiger partial charge < -0.3 is 0 Å². The molecular weight excluding hydrogens is 120 g/mol. The van der Waals surface area contributed by atoms with E-state index in [2.05, 4.69) is 25.6 Å². The van der Waals surface area contributed by atoms with Crippen LogP contribution in [0.5, 0.6) is 0 Å². The average molecular weight is 131 g/mol. The zero-order valence-electron chi connectivity index (χ0n) is 6.01. The predicted molar refractivity (Wildman–Crippen MR) is 44.8 cm³/mol. The predicted octanol–water partition coefficient (Wildman–Crippen LogP) is 2.60. The summed E-state index contributed by atoms with van der Waals surface area (Å²) in [5.41, 5.74) is 2.36. The van der Waals surface area contributed by atoms with E-state index >= 15 is 0 Å². The molecule has 0 fully saturated rings. The van der Waals surface area contributed by atoms with Crippen molar-refractivity contribution < 1.29 is 0 Å². The fourth-order valence-corrected chi connectivity index (χ4v) is 0.842. The Morgan fingerprint density at radius 3 is 2.30 bits per heavy atom. The smallest absolute Gasteiger partial charge is 0.0100 e. The molecule has 0 N–H and O–H groups in total. The summed E-state index contributed by atoms with van der Waals surface area (Å²) in [5.74, 6) is 0. The lowest BCUT2D eigenvalue weighted by molar-refractivity contribution is 1.27. The van der Waals surface area contributed by atoms with E-state index in [0.29, 0.717) is 0 Å². The molecule has 0 heterocycles. The van der Waals surface area contributed by atoms with Crippen LogP contribution in [-0.4, -0.2) is 0 Å². The van der Waals surface area contributed by atoms with Crippen LogP contribution in [0.2, 0.25) is 0 Å². The summed E-state index contributed by atoms with van der Waals surface area (Å²) in [6, 6.07) is 8.17. The first-order valence-electron chi connectivity index (χ1n) is 3.34. The van der Waals surface area contributed by atoms with Crippen molar-refractivity contribution >= 4 is 0 Å². The number of rotatable bonds is 2. The third-order valence-corrected chi connectivity index (χ3v) is 1.40. The van der Waals surface area contributed by atoms with Crippen molar-refractivity contribution in [2.75, 3.05) is 0 Å². The van der Waals surface area contributed by atoms with Gasteiger partial charge in [0.2, 0.25) is 0 Å². The third kappa shape index (κ3) is 1.73. The standard InChI is InChI=1S/C10H11/c1-3-4-10-7-5-9(2)6-8-10/h3,5-8H,1-2,4H2.